The van der Waals surface area contributed by atoms with Crippen LogP contribution in [0, 0.1) is 5.92 Å². The molecule has 122 valence electrons. The maximum Gasteiger partial charge on any atom is 0.223 e. The third kappa shape index (κ3) is 4.15. The summed E-state index contributed by atoms with van der Waals surface area (Å²) >= 11 is 0. The van der Waals surface area contributed by atoms with Gasteiger partial charge in [-0.1, -0.05) is 19.8 Å². The van der Waals surface area contributed by atoms with E-state index >= 15 is 0 Å². The lowest BCUT2D eigenvalue weighted by atomic mass is 9.91. The second kappa shape index (κ2) is 8.06. The minimum Gasteiger partial charge on any atom is -0.497 e. The van der Waals surface area contributed by atoms with Gasteiger partial charge in [-0.15, -0.1) is 0 Å². The third-order valence-corrected chi connectivity index (χ3v) is 4.44. The zero-order chi connectivity index (χ0) is 15.9. The van der Waals surface area contributed by atoms with Crippen LogP contribution in [0.4, 0.5) is 0 Å². The maximum absolute atomic E-state index is 12.4. The molecule has 22 heavy (non-hydrogen) atoms. The van der Waals surface area contributed by atoms with Gasteiger partial charge in [-0.3, -0.25) is 4.79 Å². The molecule has 0 aliphatic carbocycles. The largest absolute Gasteiger partial charge is 0.497 e. The number of nitrogens with zero attached hydrogens (tertiary/aromatic N) is 1. The van der Waals surface area contributed by atoms with Gasteiger partial charge in [-0.25, -0.2) is 0 Å². The Kier molecular flexibility index (Phi) is 6.10. The van der Waals surface area contributed by atoms with Gasteiger partial charge >= 0.3 is 0 Å². The number of amides is 1. The fourth-order valence-electron chi connectivity index (χ4n) is 3.04. The Morgan fingerprint density at radius 2 is 2.09 bits per heavy atom. The molecule has 1 saturated heterocycles. The van der Waals surface area contributed by atoms with E-state index in [0.717, 1.165) is 30.0 Å². The van der Waals surface area contributed by atoms with Gasteiger partial charge in [-0.2, -0.15) is 0 Å². The van der Waals surface area contributed by atoms with Crippen LogP contribution >= 0.6 is 0 Å². The van der Waals surface area contributed by atoms with Crippen molar-refractivity contribution < 1.29 is 14.3 Å². The van der Waals surface area contributed by atoms with Crippen LogP contribution in [0.2, 0.25) is 0 Å². The fourth-order valence-corrected chi connectivity index (χ4v) is 3.04. The number of benzene rings is 1. The predicted molar refractivity (Wildman–Crippen MR) is 87.2 cm³/mol. The number of hydrogen-bond acceptors (Lipinski definition) is 3. The third-order valence-electron chi connectivity index (χ3n) is 4.44. The molecule has 1 heterocycles. The zero-order valence-corrected chi connectivity index (χ0v) is 13.9. The van der Waals surface area contributed by atoms with E-state index in [0.29, 0.717) is 18.9 Å². The van der Waals surface area contributed by atoms with Crippen LogP contribution in [0.1, 0.15) is 44.6 Å². The van der Waals surface area contributed by atoms with E-state index < -0.39 is 0 Å². The molecule has 0 radical (unpaired) electrons. The first-order chi connectivity index (χ1) is 10.7. The lowest BCUT2D eigenvalue weighted by Gasteiger charge is -2.32. The van der Waals surface area contributed by atoms with Gasteiger partial charge in [0, 0.05) is 31.1 Å². The van der Waals surface area contributed by atoms with E-state index in [1.807, 2.05) is 23.1 Å². The summed E-state index contributed by atoms with van der Waals surface area (Å²) in [4.78, 5) is 14.3. The van der Waals surface area contributed by atoms with Crippen molar-refractivity contribution in [2.75, 3.05) is 20.8 Å². The minimum atomic E-state index is 0.269. The molecule has 1 aromatic rings. The number of rotatable bonds is 7. The summed E-state index contributed by atoms with van der Waals surface area (Å²) in [5.74, 6) is 2.39. The first-order valence-electron chi connectivity index (χ1n) is 8.16. The summed E-state index contributed by atoms with van der Waals surface area (Å²) in [6.07, 6.45) is 5.42. The van der Waals surface area contributed by atoms with E-state index in [2.05, 4.69) is 6.92 Å². The van der Waals surface area contributed by atoms with E-state index in [9.17, 15) is 4.79 Å². The van der Waals surface area contributed by atoms with Crippen molar-refractivity contribution in [3.8, 4) is 11.5 Å². The van der Waals surface area contributed by atoms with Gasteiger partial charge in [-0.05, 0) is 30.9 Å². The average molecular weight is 305 g/mol. The van der Waals surface area contributed by atoms with Gasteiger partial charge in [0.2, 0.25) is 5.91 Å². The van der Waals surface area contributed by atoms with Crippen LogP contribution in [0.25, 0.3) is 0 Å². The highest BCUT2D eigenvalue weighted by molar-refractivity contribution is 5.77. The van der Waals surface area contributed by atoms with Crippen molar-refractivity contribution in [2.45, 2.75) is 45.6 Å². The van der Waals surface area contributed by atoms with Crippen LogP contribution in [-0.2, 0) is 11.3 Å². The Morgan fingerprint density at radius 3 is 2.73 bits per heavy atom. The Hall–Kier alpha value is -1.71. The Bertz CT molecular complexity index is 501. The monoisotopic (exact) mass is 305 g/mol. The van der Waals surface area contributed by atoms with Crippen LogP contribution in [0.15, 0.2) is 18.2 Å². The van der Waals surface area contributed by atoms with Gasteiger partial charge in [0.15, 0.2) is 0 Å². The minimum absolute atomic E-state index is 0.269. The quantitative estimate of drug-likeness (QED) is 0.772. The predicted octanol–water partition coefficient (Wildman–Crippen LogP) is 3.63. The Morgan fingerprint density at radius 1 is 1.27 bits per heavy atom. The molecule has 4 heteroatoms. The van der Waals surface area contributed by atoms with Crippen molar-refractivity contribution in [3.63, 3.8) is 0 Å². The maximum atomic E-state index is 12.4. The number of carbonyl (C=O) groups is 1. The summed E-state index contributed by atoms with van der Waals surface area (Å²) in [5.41, 5.74) is 1.03. The highest BCUT2D eigenvalue weighted by Crippen LogP contribution is 2.29. The summed E-state index contributed by atoms with van der Waals surface area (Å²) in [7, 11) is 3.29. The number of likely N-dealkylation sites (tertiary alicyclic amines) is 1. The van der Waals surface area contributed by atoms with E-state index in [1.54, 1.807) is 14.2 Å². The lowest BCUT2D eigenvalue weighted by Crippen LogP contribution is -2.38. The Balaban J connectivity index is 1.98. The standard InChI is InChI=1S/C18H27NO3/c1-4-5-6-14-9-10-19(18(20)11-14)13-15-7-8-16(21-2)12-17(15)22-3/h7-8,12,14H,4-6,9-11,13H2,1-3H3. The first-order valence-corrected chi connectivity index (χ1v) is 8.16. The molecule has 1 aliphatic rings. The van der Waals surface area contributed by atoms with Crippen molar-refractivity contribution in [3.05, 3.63) is 23.8 Å². The molecule has 0 aromatic heterocycles. The number of methoxy groups -OCH3 is 2. The van der Waals surface area contributed by atoms with Crippen molar-refractivity contribution in [1.29, 1.82) is 0 Å². The molecule has 0 bridgehead atoms. The van der Waals surface area contributed by atoms with Gasteiger partial charge in [0.1, 0.15) is 11.5 Å². The summed E-state index contributed by atoms with van der Waals surface area (Å²) < 4.78 is 10.6. The molecule has 1 atom stereocenters. The topological polar surface area (TPSA) is 38.8 Å². The van der Waals surface area contributed by atoms with E-state index in [-0.39, 0.29) is 5.91 Å². The van der Waals surface area contributed by atoms with Gasteiger partial charge in [0.05, 0.1) is 14.2 Å². The molecule has 0 spiro atoms. The second-order valence-electron chi connectivity index (χ2n) is 5.99. The SMILES string of the molecule is CCCCC1CCN(Cc2ccc(OC)cc2OC)C(=O)C1. The molecule has 2 rings (SSSR count). The second-order valence-corrected chi connectivity index (χ2v) is 5.99. The molecule has 1 amide bonds. The molecule has 4 nitrogen and oxygen atoms in total. The molecule has 1 fully saturated rings. The van der Waals surface area contributed by atoms with E-state index in [4.69, 9.17) is 9.47 Å². The van der Waals surface area contributed by atoms with Crippen LogP contribution in [0.5, 0.6) is 11.5 Å². The molecule has 1 aliphatic heterocycles. The summed E-state index contributed by atoms with van der Waals surface area (Å²) in [6.45, 7) is 3.67. The van der Waals surface area contributed by atoms with Crippen LogP contribution < -0.4 is 9.47 Å². The number of piperidine rings is 1. The fraction of sp³-hybridized carbons (Fsp3) is 0.611. The number of carbonyl (C=O) groups excluding carboxylic acids is 1. The first kappa shape index (κ1) is 16.7. The molecule has 1 unspecified atom stereocenters. The van der Waals surface area contributed by atoms with E-state index in [1.165, 1.54) is 19.3 Å². The zero-order valence-electron chi connectivity index (χ0n) is 13.9. The lowest BCUT2D eigenvalue weighted by molar-refractivity contribution is -0.135. The van der Waals surface area contributed by atoms with Gasteiger partial charge in [0.25, 0.3) is 0 Å². The van der Waals surface area contributed by atoms with Crippen molar-refractivity contribution in [1.82, 2.24) is 4.90 Å². The molecule has 1 aromatic carbocycles. The number of hydrogen-bond donors (Lipinski definition) is 0. The molecular formula is C18H27NO3. The van der Waals surface area contributed by atoms with Crippen LogP contribution in [-0.4, -0.2) is 31.6 Å². The van der Waals surface area contributed by atoms with Gasteiger partial charge < -0.3 is 14.4 Å². The highest BCUT2D eigenvalue weighted by atomic mass is 16.5. The number of ether oxygens (including phenoxy) is 2. The molecule has 0 N–H and O–H groups in total. The molecular weight excluding hydrogens is 278 g/mol. The summed E-state index contributed by atoms with van der Waals surface area (Å²) in [5, 5.41) is 0. The van der Waals surface area contributed by atoms with Crippen molar-refractivity contribution in [2.24, 2.45) is 5.92 Å². The summed E-state index contributed by atoms with van der Waals surface area (Å²) in [6, 6.07) is 5.76. The van der Waals surface area contributed by atoms with Crippen molar-refractivity contribution >= 4 is 5.91 Å². The highest BCUT2D eigenvalue weighted by Gasteiger charge is 2.26. The number of unbranched alkanes of at least 4 members (excludes halogenated alkanes) is 1. The Labute approximate surface area is 133 Å². The smallest absolute Gasteiger partial charge is 0.223 e. The average Bonchev–Trinajstić information content (AvgIpc) is 2.55. The van der Waals surface area contributed by atoms with Crippen LogP contribution in [0.3, 0.4) is 0 Å². The molecule has 0 saturated carbocycles. The normalized spacial score (nSPS) is 18.4.